The molecule has 0 radical (unpaired) electrons. The Kier molecular flexibility index (Phi) is 5.45. The van der Waals surface area contributed by atoms with E-state index < -0.39 is 0 Å². The van der Waals surface area contributed by atoms with Gasteiger partial charge in [0.1, 0.15) is 0 Å². The molecule has 4 nitrogen and oxygen atoms in total. The number of hydrogen-bond acceptors (Lipinski definition) is 3. The van der Waals surface area contributed by atoms with Gasteiger partial charge in [-0.05, 0) is 51.1 Å². The molecule has 2 heterocycles. The molecule has 4 heteroatoms. The van der Waals surface area contributed by atoms with E-state index in [1.165, 1.54) is 19.3 Å². The van der Waals surface area contributed by atoms with Gasteiger partial charge in [0.25, 0.3) is 0 Å². The van der Waals surface area contributed by atoms with Crippen LogP contribution in [0.25, 0.3) is 0 Å². The minimum absolute atomic E-state index is 0.265. The van der Waals surface area contributed by atoms with Crippen LogP contribution in [0.1, 0.15) is 38.5 Å². The molecule has 2 unspecified atom stereocenters. The summed E-state index contributed by atoms with van der Waals surface area (Å²) in [7, 11) is 1.91. The summed E-state index contributed by atoms with van der Waals surface area (Å²) in [6, 6.07) is 0. The molecule has 0 bridgehead atoms. The van der Waals surface area contributed by atoms with Gasteiger partial charge in [-0.25, -0.2) is 0 Å². The number of likely N-dealkylation sites (N-methyl/N-ethyl adjacent to an activating group) is 1. The van der Waals surface area contributed by atoms with Crippen LogP contribution < -0.4 is 5.32 Å². The summed E-state index contributed by atoms with van der Waals surface area (Å²) in [5.74, 6) is 0.976. The molecule has 0 spiro atoms. The number of amides is 1. The summed E-state index contributed by atoms with van der Waals surface area (Å²) in [5, 5.41) is 3.35. The van der Waals surface area contributed by atoms with E-state index in [4.69, 9.17) is 4.74 Å². The predicted octanol–water partition coefficient (Wildman–Crippen LogP) is 1.40. The Hall–Kier alpha value is -0.610. The molecule has 104 valence electrons. The van der Waals surface area contributed by atoms with Crippen molar-refractivity contribution in [2.24, 2.45) is 5.92 Å². The van der Waals surface area contributed by atoms with E-state index >= 15 is 0 Å². The predicted molar refractivity (Wildman–Crippen MR) is 71.4 cm³/mol. The highest BCUT2D eigenvalue weighted by molar-refractivity contribution is 5.75. The van der Waals surface area contributed by atoms with E-state index in [0.29, 0.717) is 12.3 Å². The maximum Gasteiger partial charge on any atom is 0.222 e. The van der Waals surface area contributed by atoms with Gasteiger partial charge in [-0.1, -0.05) is 0 Å². The van der Waals surface area contributed by atoms with Gasteiger partial charge in [0.05, 0.1) is 6.10 Å². The van der Waals surface area contributed by atoms with Crippen molar-refractivity contribution in [3.05, 3.63) is 0 Å². The minimum Gasteiger partial charge on any atom is -0.376 e. The minimum atomic E-state index is 0.265. The van der Waals surface area contributed by atoms with E-state index in [0.717, 1.165) is 39.1 Å². The zero-order valence-electron chi connectivity index (χ0n) is 11.5. The highest BCUT2D eigenvalue weighted by atomic mass is 16.5. The van der Waals surface area contributed by atoms with Gasteiger partial charge in [-0.2, -0.15) is 0 Å². The van der Waals surface area contributed by atoms with Gasteiger partial charge in [-0.3, -0.25) is 4.79 Å². The van der Waals surface area contributed by atoms with Crippen LogP contribution in [0.5, 0.6) is 0 Å². The lowest BCUT2D eigenvalue weighted by Gasteiger charge is -2.27. The Morgan fingerprint density at radius 3 is 2.94 bits per heavy atom. The third-order valence-electron chi connectivity index (χ3n) is 4.11. The van der Waals surface area contributed by atoms with Crippen LogP contribution >= 0.6 is 0 Å². The second-order valence-electron chi connectivity index (χ2n) is 5.66. The molecule has 2 fully saturated rings. The lowest BCUT2D eigenvalue weighted by Crippen LogP contribution is -2.37. The summed E-state index contributed by atoms with van der Waals surface area (Å²) in [6.07, 6.45) is 6.72. The Labute approximate surface area is 110 Å². The number of ether oxygens (including phenoxy) is 1. The molecular formula is C14H26N2O2. The molecule has 18 heavy (non-hydrogen) atoms. The molecule has 2 rings (SSSR count). The Balaban J connectivity index is 1.63. The van der Waals surface area contributed by atoms with Gasteiger partial charge in [0.15, 0.2) is 0 Å². The zero-order chi connectivity index (χ0) is 12.8. The lowest BCUT2D eigenvalue weighted by atomic mass is 10.0. The standard InChI is InChI=1S/C14H26N2O2/c1-16(11-13-4-2-3-9-18-13)14(17)6-5-12-7-8-15-10-12/h12-13,15H,2-11H2,1H3. The summed E-state index contributed by atoms with van der Waals surface area (Å²) < 4.78 is 5.67. The van der Waals surface area contributed by atoms with Gasteiger partial charge in [0, 0.05) is 26.6 Å². The van der Waals surface area contributed by atoms with Crippen molar-refractivity contribution in [2.45, 2.75) is 44.6 Å². The molecule has 0 aromatic rings. The molecule has 0 aromatic heterocycles. The summed E-state index contributed by atoms with van der Waals surface area (Å²) in [4.78, 5) is 13.9. The fourth-order valence-electron chi connectivity index (χ4n) is 2.84. The van der Waals surface area contributed by atoms with Gasteiger partial charge >= 0.3 is 0 Å². The monoisotopic (exact) mass is 254 g/mol. The lowest BCUT2D eigenvalue weighted by molar-refractivity contribution is -0.132. The maximum absolute atomic E-state index is 12.0. The quantitative estimate of drug-likeness (QED) is 0.806. The second-order valence-corrected chi connectivity index (χ2v) is 5.66. The Morgan fingerprint density at radius 2 is 2.28 bits per heavy atom. The third kappa shape index (κ3) is 4.25. The summed E-state index contributed by atoms with van der Waals surface area (Å²) in [5.41, 5.74) is 0. The average Bonchev–Trinajstić information content (AvgIpc) is 2.90. The van der Waals surface area contributed by atoms with Crippen LogP contribution in [0.15, 0.2) is 0 Å². The molecule has 2 aliphatic rings. The molecule has 0 aliphatic carbocycles. The number of nitrogens with one attached hydrogen (secondary N) is 1. The van der Waals surface area contributed by atoms with Crippen molar-refractivity contribution in [1.82, 2.24) is 10.2 Å². The number of carbonyl (C=O) groups excluding carboxylic acids is 1. The van der Waals surface area contributed by atoms with E-state index in [2.05, 4.69) is 5.32 Å². The number of rotatable bonds is 5. The number of nitrogens with zero attached hydrogens (tertiary/aromatic N) is 1. The molecule has 2 saturated heterocycles. The summed E-state index contributed by atoms with van der Waals surface area (Å²) >= 11 is 0. The fourth-order valence-corrected chi connectivity index (χ4v) is 2.84. The molecular weight excluding hydrogens is 228 g/mol. The SMILES string of the molecule is CN(CC1CCCCO1)C(=O)CCC1CCNC1. The molecule has 2 atom stereocenters. The van der Waals surface area contributed by atoms with Gasteiger partial charge in [0.2, 0.25) is 5.91 Å². The first-order valence-corrected chi connectivity index (χ1v) is 7.32. The van der Waals surface area contributed by atoms with Gasteiger partial charge in [-0.15, -0.1) is 0 Å². The topological polar surface area (TPSA) is 41.6 Å². The molecule has 2 aliphatic heterocycles. The molecule has 0 saturated carbocycles. The largest absolute Gasteiger partial charge is 0.376 e. The zero-order valence-corrected chi connectivity index (χ0v) is 11.5. The van der Waals surface area contributed by atoms with Crippen LogP contribution in [0, 0.1) is 5.92 Å². The highest BCUT2D eigenvalue weighted by Gasteiger charge is 2.20. The first kappa shape index (κ1) is 13.8. The first-order chi connectivity index (χ1) is 8.75. The van der Waals surface area contributed by atoms with E-state index in [-0.39, 0.29) is 12.0 Å². The van der Waals surface area contributed by atoms with Crippen molar-refractivity contribution < 1.29 is 9.53 Å². The summed E-state index contributed by atoms with van der Waals surface area (Å²) in [6.45, 7) is 3.83. The van der Waals surface area contributed by atoms with Crippen LogP contribution in [0.2, 0.25) is 0 Å². The van der Waals surface area contributed by atoms with Crippen molar-refractivity contribution in [1.29, 1.82) is 0 Å². The Morgan fingerprint density at radius 1 is 1.39 bits per heavy atom. The van der Waals surface area contributed by atoms with Crippen molar-refractivity contribution >= 4 is 5.91 Å². The average molecular weight is 254 g/mol. The van der Waals surface area contributed by atoms with Crippen molar-refractivity contribution in [3.8, 4) is 0 Å². The number of hydrogen-bond donors (Lipinski definition) is 1. The smallest absolute Gasteiger partial charge is 0.222 e. The van der Waals surface area contributed by atoms with Crippen molar-refractivity contribution in [3.63, 3.8) is 0 Å². The van der Waals surface area contributed by atoms with Crippen LogP contribution in [0.4, 0.5) is 0 Å². The highest BCUT2D eigenvalue weighted by Crippen LogP contribution is 2.16. The van der Waals surface area contributed by atoms with Crippen LogP contribution in [-0.2, 0) is 9.53 Å². The first-order valence-electron chi connectivity index (χ1n) is 7.32. The third-order valence-corrected chi connectivity index (χ3v) is 4.11. The molecule has 1 N–H and O–H groups in total. The second kappa shape index (κ2) is 7.10. The molecule has 0 aromatic carbocycles. The van der Waals surface area contributed by atoms with E-state index in [1.807, 2.05) is 11.9 Å². The fraction of sp³-hybridized carbons (Fsp3) is 0.929. The van der Waals surface area contributed by atoms with Crippen LogP contribution in [-0.4, -0.2) is 50.2 Å². The molecule has 1 amide bonds. The van der Waals surface area contributed by atoms with Crippen LogP contribution in [0.3, 0.4) is 0 Å². The number of carbonyl (C=O) groups is 1. The van der Waals surface area contributed by atoms with Gasteiger partial charge < -0.3 is 15.0 Å². The van der Waals surface area contributed by atoms with Crippen molar-refractivity contribution in [2.75, 3.05) is 33.3 Å². The van der Waals surface area contributed by atoms with E-state index in [1.54, 1.807) is 0 Å². The maximum atomic E-state index is 12.0. The normalized spacial score (nSPS) is 28.3. The van der Waals surface area contributed by atoms with E-state index in [9.17, 15) is 4.79 Å². The Bertz CT molecular complexity index is 259.